The van der Waals surface area contributed by atoms with Gasteiger partial charge in [0.05, 0.1) is 32.4 Å². The van der Waals surface area contributed by atoms with Crippen LogP contribution in [-0.2, 0) is 16.0 Å². The Balaban J connectivity index is 1.47. The molecule has 25 heavy (non-hydrogen) atoms. The first kappa shape index (κ1) is 16.4. The minimum Gasteiger partial charge on any atom is -0.377 e. The van der Waals surface area contributed by atoms with Crippen LogP contribution in [0.15, 0.2) is 18.5 Å². The Hall–Kier alpha value is -2.06. The largest absolute Gasteiger partial charge is 0.377 e. The highest BCUT2D eigenvalue weighted by molar-refractivity contribution is 5.30. The molecule has 134 valence electrons. The molecule has 2 atom stereocenters. The fourth-order valence-corrected chi connectivity index (χ4v) is 3.70. The van der Waals surface area contributed by atoms with Gasteiger partial charge in [0.1, 0.15) is 17.2 Å². The number of anilines is 1. The molecule has 2 aliphatic rings. The van der Waals surface area contributed by atoms with Gasteiger partial charge in [-0.15, -0.1) is 0 Å². The summed E-state index contributed by atoms with van der Waals surface area (Å²) in [5, 5.41) is 4.45. The zero-order valence-electron chi connectivity index (χ0n) is 14.8. The number of aryl methyl sites for hydroxylation is 2. The third-order valence-corrected chi connectivity index (χ3v) is 4.86. The maximum Gasteiger partial charge on any atom is 0.225 e. The molecule has 0 N–H and O–H groups in total. The SMILES string of the molecule is Cc1nc(C)n(C[C@H]2CC[C@@]3(COCCN(c4ncccn4)C3)O2)n1. The summed E-state index contributed by atoms with van der Waals surface area (Å²) in [7, 11) is 0. The van der Waals surface area contributed by atoms with E-state index in [-0.39, 0.29) is 11.7 Å². The molecule has 8 heteroatoms. The number of hydrogen-bond donors (Lipinski definition) is 0. The van der Waals surface area contributed by atoms with E-state index >= 15 is 0 Å². The molecule has 0 unspecified atom stereocenters. The Labute approximate surface area is 147 Å². The Bertz CT molecular complexity index is 721. The number of hydrogen-bond acceptors (Lipinski definition) is 7. The van der Waals surface area contributed by atoms with E-state index in [0.717, 1.165) is 50.1 Å². The molecular formula is C17H24N6O2. The topological polar surface area (TPSA) is 78.2 Å². The van der Waals surface area contributed by atoms with Gasteiger partial charge in [0, 0.05) is 18.9 Å². The van der Waals surface area contributed by atoms with Crippen molar-refractivity contribution < 1.29 is 9.47 Å². The quantitative estimate of drug-likeness (QED) is 0.826. The Morgan fingerprint density at radius 3 is 2.88 bits per heavy atom. The van der Waals surface area contributed by atoms with Gasteiger partial charge in [-0.05, 0) is 32.8 Å². The summed E-state index contributed by atoms with van der Waals surface area (Å²) in [5.41, 5.74) is -0.302. The van der Waals surface area contributed by atoms with Crippen molar-refractivity contribution in [2.24, 2.45) is 0 Å². The predicted octanol–water partition coefficient (Wildman–Crippen LogP) is 1.14. The maximum absolute atomic E-state index is 6.48. The molecule has 4 heterocycles. The highest BCUT2D eigenvalue weighted by Crippen LogP contribution is 2.34. The standard InChI is InChI=1S/C17H24N6O2/c1-13-20-14(2)23(21-13)10-15-4-5-17(25-15)11-22(8-9-24-12-17)16-18-6-3-7-19-16/h3,6-7,15H,4-5,8-12H2,1-2H3/t15-,17-/m1/s1. The van der Waals surface area contributed by atoms with Gasteiger partial charge in [-0.2, -0.15) is 5.10 Å². The minimum absolute atomic E-state index is 0.125. The van der Waals surface area contributed by atoms with E-state index in [4.69, 9.17) is 9.47 Å². The van der Waals surface area contributed by atoms with Crippen LogP contribution in [0.2, 0.25) is 0 Å². The van der Waals surface area contributed by atoms with Crippen LogP contribution in [0, 0.1) is 13.8 Å². The maximum atomic E-state index is 6.48. The van der Waals surface area contributed by atoms with Crippen molar-refractivity contribution in [3.63, 3.8) is 0 Å². The van der Waals surface area contributed by atoms with E-state index in [1.165, 1.54) is 0 Å². The molecule has 8 nitrogen and oxygen atoms in total. The van der Waals surface area contributed by atoms with E-state index < -0.39 is 0 Å². The monoisotopic (exact) mass is 344 g/mol. The van der Waals surface area contributed by atoms with Crippen LogP contribution < -0.4 is 4.90 Å². The van der Waals surface area contributed by atoms with E-state index in [9.17, 15) is 0 Å². The lowest BCUT2D eigenvalue weighted by molar-refractivity contribution is -0.0809. The molecule has 4 rings (SSSR count). The van der Waals surface area contributed by atoms with Gasteiger partial charge < -0.3 is 14.4 Å². The number of nitrogens with zero attached hydrogens (tertiary/aromatic N) is 6. The van der Waals surface area contributed by atoms with Crippen LogP contribution in [0.3, 0.4) is 0 Å². The van der Waals surface area contributed by atoms with Crippen molar-refractivity contribution in [3.05, 3.63) is 30.1 Å². The molecule has 2 aromatic rings. The molecular weight excluding hydrogens is 320 g/mol. The first-order valence-corrected chi connectivity index (χ1v) is 8.79. The average molecular weight is 344 g/mol. The second kappa shape index (κ2) is 6.68. The molecule has 0 amide bonds. The summed E-state index contributed by atoms with van der Waals surface area (Å²) in [6.07, 6.45) is 5.63. The first-order chi connectivity index (χ1) is 12.1. The summed E-state index contributed by atoms with van der Waals surface area (Å²) < 4.78 is 14.3. The second-order valence-electron chi connectivity index (χ2n) is 6.87. The van der Waals surface area contributed by atoms with Gasteiger partial charge >= 0.3 is 0 Å². The van der Waals surface area contributed by atoms with Crippen molar-refractivity contribution in [3.8, 4) is 0 Å². The van der Waals surface area contributed by atoms with Crippen molar-refractivity contribution >= 4 is 5.95 Å². The van der Waals surface area contributed by atoms with Gasteiger partial charge in [-0.25, -0.2) is 19.6 Å². The smallest absolute Gasteiger partial charge is 0.225 e. The Morgan fingerprint density at radius 1 is 1.28 bits per heavy atom. The summed E-state index contributed by atoms with van der Waals surface area (Å²) >= 11 is 0. The fourth-order valence-electron chi connectivity index (χ4n) is 3.70. The number of aromatic nitrogens is 5. The predicted molar refractivity (Wildman–Crippen MR) is 91.4 cm³/mol. The molecule has 2 aliphatic heterocycles. The van der Waals surface area contributed by atoms with Gasteiger partial charge in [0.2, 0.25) is 5.95 Å². The lowest BCUT2D eigenvalue weighted by Crippen LogP contribution is -2.45. The van der Waals surface area contributed by atoms with Crippen LogP contribution in [0.25, 0.3) is 0 Å². The third-order valence-electron chi connectivity index (χ3n) is 4.86. The van der Waals surface area contributed by atoms with Gasteiger partial charge in [-0.1, -0.05) is 0 Å². The van der Waals surface area contributed by atoms with Gasteiger partial charge in [0.15, 0.2) is 0 Å². The molecule has 2 saturated heterocycles. The lowest BCUT2D eigenvalue weighted by atomic mass is 10.0. The zero-order valence-corrected chi connectivity index (χ0v) is 14.8. The number of ether oxygens (including phenoxy) is 2. The van der Waals surface area contributed by atoms with Crippen LogP contribution in [-0.4, -0.2) is 62.7 Å². The van der Waals surface area contributed by atoms with E-state index in [0.29, 0.717) is 13.2 Å². The fraction of sp³-hybridized carbons (Fsp3) is 0.647. The van der Waals surface area contributed by atoms with Crippen molar-refractivity contribution in [1.29, 1.82) is 0 Å². The van der Waals surface area contributed by atoms with E-state index in [1.807, 2.05) is 24.6 Å². The zero-order chi connectivity index (χ0) is 17.3. The summed E-state index contributed by atoms with van der Waals surface area (Å²) in [6.45, 7) is 7.43. The summed E-state index contributed by atoms with van der Waals surface area (Å²) in [5.74, 6) is 2.47. The van der Waals surface area contributed by atoms with Crippen LogP contribution in [0.4, 0.5) is 5.95 Å². The first-order valence-electron chi connectivity index (χ1n) is 8.79. The van der Waals surface area contributed by atoms with E-state index in [2.05, 4.69) is 25.0 Å². The molecule has 2 aromatic heterocycles. The second-order valence-corrected chi connectivity index (χ2v) is 6.87. The molecule has 0 bridgehead atoms. The third kappa shape index (κ3) is 3.50. The Kier molecular flexibility index (Phi) is 4.39. The molecule has 1 spiro atoms. The number of rotatable bonds is 3. The Morgan fingerprint density at radius 2 is 2.12 bits per heavy atom. The lowest BCUT2D eigenvalue weighted by Gasteiger charge is -2.31. The highest BCUT2D eigenvalue weighted by Gasteiger charge is 2.43. The normalized spacial score (nSPS) is 27.0. The summed E-state index contributed by atoms with van der Waals surface area (Å²) in [4.78, 5) is 15.3. The van der Waals surface area contributed by atoms with Crippen LogP contribution in [0.5, 0.6) is 0 Å². The molecule has 0 saturated carbocycles. The van der Waals surface area contributed by atoms with Gasteiger partial charge in [0.25, 0.3) is 0 Å². The van der Waals surface area contributed by atoms with E-state index in [1.54, 1.807) is 12.4 Å². The summed E-state index contributed by atoms with van der Waals surface area (Å²) in [6, 6.07) is 1.83. The van der Waals surface area contributed by atoms with Crippen LogP contribution in [0.1, 0.15) is 24.5 Å². The molecule has 0 aliphatic carbocycles. The average Bonchev–Trinajstić information content (AvgIpc) is 3.06. The van der Waals surface area contributed by atoms with Crippen molar-refractivity contribution in [1.82, 2.24) is 24.7 Å². The van der Waals surface area contributed by atoms with Crippen LogP contribution >= 0.6 is 0 Å². The molecule has 0 aromatic carbocycles. The highest BCUT2D eigenvalue weighted by atomic mass is 16.6. The molecule has 0 radical (unpaired) electrons. The van der Waals surface area contributed by atoms with Crippen molar-refractivity contribution in [2.45, 2.75) is 44.9 Å². The van der Waals surface area contributed by atoms with Crippen molar-refractivity contribution in [2.75, 3.05) is 31.2 Å². The molecule has 2 fully saturated rings. The van der Waals surface area contributed by atoms with Gasteiger partial charge in [-0.3, -0.25) is 0 Å². The minimum atomic E-state index is -0.302.